The van der Waals surface area contributed by atoms with Crippen LogP contribution in [-0.4, -0.2) is 37.1 Å². The second-order valence-corrected chi connectivity index (χ2v) is 4.99. The van der Waals surface area contributed by atoms with E-state index in [2.05, 4.69) is 18.7 Å². The van der Waals surface area contributed by atoms with Crippen molar-refractivity contribution in [2.75, 3.05) is 20.2 Å². The Morgan fingerprint density at radius 2 is 2.06 bits per heavy atom. The Balaban J connectivity index is 2.49. The highest BCUT2D eigenvalue weighted by Crippen LogP contribution is 2.31. The Morgan fingerprint density at radius 3 is 2.50 bits per heavy atom. The van der Waals surface area contributed by atoms with Crippen molar-refractivity contribution in [1.82, 2.24) is 4.90 Å². The first-order chi connectivity index (χ1) is 7.60. The first-order valence-corrected chi connectivity index (χ1v) is 6.42. The molecule has 0 spiro atoms. The van der Waals surface area contributed by atoms with E-state index >= 15 is 0 Å². The van der Waals surface area contributed by atoms with Gasteiger partial charge in [0.25, 0.3) is 0 Å². The van der Waals surface area contributed by atoms with Crippen molar-refractivity contribution in [1.29, 1.82) is 0 Å². The van der Waals surface area contributed by atoms with Gasteiger partial charge in [0.1, 0.15) is 0 Å². The highest BCUT2D eigenvalue weighted by atomic mass is 16.5. The Hall–Kier alpha value is -0.570. The molecule has 1 rings (SSSR count). The Bertz CT molecular complexity index is 226. The van der Waals surface area contributed by atoms with E-state index in [9.17, 15) is 4.79 Å². The standard InChI is InChI=1S/C13H25NO2/c1-5-8-14(9-12-6-7-12)11(3)10(2)13(15)16-4/h10-12H,5-9H2,1-4H3. The van der Waals surface area contributed by atoms with Gasteiger partial charge in [-0.2, -0.15) is 0 Å². The normalized spacial score (nSPS) is 19.6. The van der Waals surface area contributed by atoms with Gasteiger partial charge in [0.2, 0.25) is 0 Å². The van der Waals surface area contributed by atoms with Crippen LogP contribution in [0, 0.1) is 11.8 Å². The van der Waals surface area contributed by atoms with Crippen LogP contribution in [0.25, 0.3) is 0 Å². The molecule has 3 nitrogen and oxygen atoms in total. The van der Waals surface area contributed by atoms with Gasteiger partial charge in [0.15, 0.2) is 0 Å². The molecule has 0 amide bonds. The van der Waals surface area contributed by atoms with Gasteiger partial charge >= 0.3 is 5.97 Å². The molecule has 1 aliphatic rings. The largest absolute Gasteiger partial charge is 0.469 e. The van der Waals surface area contributed by atoms with Gasteiger partial charge in [0, 0.05) is 12.6 Å². The predicted octanol–water partition coefficient (Wildman–Crippen LogP) is 2.31. The second-order valence-electron chi connectivity index (χ2n) is 4.99. The molecule has 2 atom stereocenters. The Kier molecular flexibility index (Phi) is 5.26. The van der Waals surface area contributed by atoms with Crippen molar-refractivity contribution >= 4 is 5.97 Å². The molecular formula is C13H25NO2. The van der Waals surface area contributed by atoms with Gasteiger partial charge in [0.05, 0.1) is 13.0 Å². The van der Waals surface area contributed by atoms with Crippen LogP contribution in [0.5, 0.6) is 0 Å². The van der Waals surface area contributed by atoms with Crippen LogP contribution < -0.4 is 0 Å². The summed E-state index contributed by atoms with van der Waals surface area (Å²) >= 11 is 0. The Labute approximate surface area is 99.1 Å². The highest BCUT2D eigenvalue weighted by Gasteiger charge is 2.30. The van der Waals surface area contributed by atoms with Gasteiger partial charge in [-0.1, -0.05) is 13.8 Å². The van der Waals surface area contributed by atoms with E-state index in [1.165, 1.54) is 20.0 Å². The monoisotopic (exact) mass is 227 g/mol. The third-order valence-corrected chi connectivity index (χ3v) is 3.57. The fourth-order valence-electron chi connectivity index (χ4n) is 2.08. The number of carbonyl (C=O) groups is 1. The van der Waals surface area contributed by atoms with Gasteiger partial charge in [-0.05, 0) is 38.6 Å². The third kappa shape index (κ3) is 3.78. The van der Waals surface area contributed by atoms with E-state index in [-0.39, 0.29) is 17.9 Å². The van der Waals surface area contributed by atoms with Crippen molar-refractivity contribution in [2.45, 2.75) is 46.1 Å². The zero-order chi connectivity index (χ0) is 12.1. The molecule has 0 heterocycles. The van der Waals surface area contributed by atoms with E-state index < -0.39 is 0 Å². The van der Waals surface area contributed by atoms with Gasteiger partial charge in [-0.3, -0.25) is 9.69 Å². The molecule has 0 saturated heterocycles. The summed E-state index contributed by atoms with van der Waals surface area (Å²) in [5.41, 5.74) is 0. The third-order valence-electron chi connectivity index (χ3n) is 3.57. The topological polar surface area (TPSA) is 29.5 Å². The molecule has 2 unspecified atom stereocenters. The van der Waals surface area contributed by atoms with Crippen LogP contribution in [0.2, 0.25) is 0 Å². The number of hydrogen-bond donors (Lipinski definition) is 0. The summed E-state index contributed by atoms with van der Waals surface area (Å²) in [5, 5.41) is 0. The van der Waals surface area contributed by atoms with E-state index in [1.807, 2.05) is 6.92 Å². The lowest BCUT2D eigenvalue weighted by atomic mass is 10.0. The Morgan fingerprint density at radius 1 is 1.44 bits per heavy atom. The smallest absolute Gasteiger partial charge is 0.309 e. The zero-order valence-electron chi connectivity index (χ0n) is 11.0. The van der Waals surface area contributed by atoms with Crippen LogP contribution in [0.15, 0.2) is 0 Å². The quantitative estimate of drug-likeness (QED) is 0.625. The van der Waals surface area contributed by atoms with Crippen LogP contribution >= 0.6 is 0 Å². The maximum atomic E-state index is 11.5. The van der Waals surface area contributed by atoms with Crippen LogP contribution in [0.1, 0.15) is 40.0 Å². The molecule has 0 bridgehead atoms. The lowest BCUT2D eigenvalue weighted by Gasteiger charge is -2.31. The van der Waals surface area contributed by atoms with E-state index in [0.717, 1.165) is 25.4 Å². The molecule has 94 valence electrons. The second kappa shape index (κ2) is 6.24. The minimum absolute atomic E-state index is 0.0321. The molecule has 0 aromatic heterocycles. The number of methoxy groups -OCH3 is 1. The number of carbonyl (C=O) groups excluding carboxylic acids is 1. The van der Waals surface area contributed by atoms with E-state index in [0.29, 0.717) is 0 Å². The van der Waals surface area contributed by atoms with Crippen molar-refractivity contribution in [2.24, 2.45) is 11.8 Å². The fourth-order valence-corrected chi connectivity index (χ4v) is 2.08. The molecule has 1 saturated carbocycles. The average Bonchev–Trinajstić information content (AvgIpc) is 3.09. The maximum Gasteiger partial charge on any atom is 0.309 e. The molecule has 0 aromatic carbocycles. The minimum atomic E-state index is -0.0931. The van der Waals surface area contributed by atoms with Crippen LogP contribution in [0.3, 0.4) is 0 Å². The van der Waals surface area contributed by atoms with Crippen molar-refractivity contribution in [3.63, 3.8) is 0 Å². The summed E-state index contributed by atoms with van der Waals surface area (Å²) < 4.78 is 4.82. The molecule has 16 heavy (non-hydrogen) atoms. The van der Waals surface area contributed by atoms with Gasteiger partial charge < -0.3 is 4.74 Å². The van der Waals surface area contributed by atoms with Crippen LogP contribution in [0.4, 0.5) is 0 Å². The molecule has 0 radical (unpaired) electrons. The minimum Gasteiger partial charge on any atom is -0.469 e. The highest BCUT2D eigenvalue weighted by molar-refractivity contribution is 5.72. The van der Waals surface area contributed by atoms with Crippen molar-refractivity contribution < 1.29 is 9.53 Å². The molecule has 0 aliphatic heterocycles. The molecule has 3 heteroatoms. The zero-order valence-corrected chi connectivity index (χ0v) is 11.0. The summed E-state index contributed by atoms with van der Waals surface area (Å²) in [6.07, 6.45) is 3.87. The number of nitrogens with zero attached hydrogens (tertiary/aromatic N) is 1. The number of rotatable bonds is 7. The lowest BCUT2D eigenvalue weighted by Crippen LogP contribution is -2.42. The van der Waals surface area contributed by atoms with Crippen LogP contribution in [-0.2, 0) is 9.53 Å². The van der Waals surface area contributed by atoms with E-state index in [1.54, 1.807) is 0 Å². The van der Waals surface area contributed by atoms with E-state index in [4.69, 9.17) is 4.74 Å². The van der Waals surface area contributed by atoms with Gasteiger partial charge in [-0.25, -0.2) is 0 Å². The summed E-state index contributed by atoms with van der Waals surface area (Å²) in [6, 6.07) is 0.285. The number of ether oxygens (including phenoxy) is 1. The molecule has 1 aliphatic carbocycles. The average molecular weight is 227 g/mol. The van der Waals surface area contributed by atoms with Crippen molar-refractivity contribution in [3.8, 4) is 0 Å². The molecule has 1 fully saturated rings. The molecule has 0 aromatic rings. The molecule has 0 N–H and O–H groups in total. The maximum absolute atomic E-state index is 11.5. The van der Waals surface area contributed by atoms with Gasteiger partial charge in [-0.15, -0.1) is 0 Å². The molecular weight excluding hydrogens is 202 g/mol. The number of hydrogen-bond acceptors (Lipinski definition) is 3. The fraction of sp³-hybridized carbons (Fsp3) is 0.923. The predicted molar refractivity (Wildman–Crippen MR) is 65.2 cm³/mol. The summed E-state index contributed by atoms with van der Waals surface area (Å²) in [6.45, 7) is 8.52. The summed E-state index contributed by atoms with van der Waals surface area (Å²) in [4.78, 5) is 14.0. The first kappa shape index (κ1) is 13.5. The summed E-state index contributed by atoms with van der Waals surface area (Å²) in [5.74, 6) is 0.749. The first-order valence-electron chi connectivity index (χ1n) is 6.42. The summed E-state index contributed by atoms with van der Waals surface area (Å²) in [7, 11) is 1.47. The lowest BCUT2D eigenvalue weighted by molar-refractivity contribution is -0.147. The number of esters is 1. The van der Waals surface area contributed by atoms with Crippen molar-refractivity contribution in [3.05, 3.63) is 0 Å². The SMILES string of the molecule is CCCN(CC1CC1)C(C)C(C)C(=O)OC.